The van der Waals surface area contributed by atoms with Crippen LogP contribution in [0.1, 0.15) is 57.6 Å². The molecule has 1 aliphatic rings. The van der Waals surface area contributed by atoms with Crippen LogP contribution in [-0.2, 0) is 0 Å². The number of rotatable bonds is 10. The van der Waals surface area contributed by atoms with Crippen molar-refractivity contribution in [1.82, 2.24) is 10.2 Å². The van der Waals surface area contributed by atoms with Crippen LogP contribution in [0.4, 0.5) is 0 Å². The van der Waals surface area contributed by atoms with Gasteiger partial charge in [-0.3, -0.25) is 0 Å². The van der Waals surface area contributed by atoms with Crippen LogP contribution in [0, 0.1) is 0 Å². The van der Waals surface area contributed by atoms with Crippen molar-refractivity contribution in [3.8, 4) is 0 Å². The number of hydrogen-bond donors (Lipinski definition) is 1. The quantitative estimate of drug-likeness (QED) is 0.677. The molecule has 0 radical (unpaired) electrons. The van der Waals surface area contributed by atoms with Gasteiger partial charge in [0.05, 0.1) is 0 Å². The van der Waals surface area contributed by atoms with Crippen LogP contribution >= 0.6 is 11.6 Å². The summed E-state index contributed by atoms with van der Waals surface area (Å²) in [7, 11) is 0. The minimum absolute atomic E-state index is 0.413. The summed E-state index contributed by atoms with van der Waals surface area (Å²) < 4.78 is 0. The lowest BCUT2D eigenvalue weighted by molar-refractivity contribution is 0.243. The van der Waals surface area contributed by atoms with E-state index in [1.54, 1.807) is 0 Å². The third-order valence-electron chi connectivity index (χ3n) is 4.27. The van der Waals surface area contributed by atoms with E-state index in [9.17, 15) is 0 Å². The Labute approximate surface area is 134 Å². The molecule has 21 heavy (non-hydrogen) atoms. The van der Waals surface area contributed by atoms with Gasteiger partial charge in [-0.2, -0.15) is 0 Å². The van der Waals surface area contributed by atoms with E-state index in [1.807, 2.05) is 6.07 Å². The standard InChI is InChI=1S/C18H29ClN2/c1-3-5-12-21(17-9-10-17)13-11-18(20-4-2)15-7-6-8-16(19)14-15/h6-8,14,17-18,20H,3-5,9-13H2,1-2H3. The summed E-state index contributed by atoms with van der Waals surface area (Å²) in [5.41, 5.74) is 1.32. The smallest absolute Gasteiger partial charge is 0.0409 e. The average molecular weight is 309 g/mol. The van der Waals surface area contributed by atoms with Gasteiger partial charge in [0.2, 0.25) is 0 Å². The molecular formula is C18H29ClN2. The van der Waals surface area contributed by atoms with Gasteiger partial charge in [0, 0.05) is 23.7 Å². The second kappa shape index (κ2) is 8.77. The van der Waals surface area contributed by atoms with Crippen LogP contribution in [0.15, 0.2) is 24.3 Å². The lowest BCUT2D eigenvalue weighted by Crippen LogP contribution is -2.32. The van der Waals surface area contributed by atoms with Crippen molar-refractivity contribution < 1.29 is 0 Å². The molecule has 1 aliphatic carbocycles. The number of halogens is 1. The third-order valence-corrected chi connectivity index (χ3v) is 4.50. The largest absolute Gasteiger partial charge is 0.310 e. The second-order valence-corrected chi connectivity index (χ2v) is 6.51. The summed E-state index contributed by atoms with van der Waals surface area (Å²) in [5.74, 6) is 0. The van der Waals surface area contributed by atoms with E-state index in [2.05, 4.69) is 42.3 Å². The van der Waals surface area contributed by atoms with Gasteiger partial charge in [-0.05, 0) is 56.5 Å². The number of unbranched alkanes of at least 4 members (excludes halogenated alkanes) is 1. The van der Waals surface area contributed by atoms with Crippen molar-refractivity contribution in [1.29, 1.82) is 0 Å². The zero-order chi connectivity index (χ0) is 15.1. The third kappa shape index (κ3) is 5.61. The van der Waals surface area contributed by atoms with Gasteiger partial charge in [0.1, 0.15) is 0 Å². The molecule has 3 heteroatoms. The molecule has 1 atom stereocenters. The highest BCUT2D eigenvalue weighted by Gasteiger charge is 2.28. The SMILES string of the molecule is CCCCN(CCC(NCC)c1cccc(Cl)c1)C1CC1. The summed E-state index contributed by atoms with van der Waals surface area (Å²) in [6.07, 6.45) is 6.56. The first-order valence-corrected chi connectivity index (χ1v) is 8.85. The summed E-state index contributed by atoms with van der Waals surface area (Å²) in [4.78, 5) is 2.69. The topological polar surface area (TPSA) is 15.3 Å². The van der Waals surface area contributed by atoms with Crippen molar-refractivity contribution in [2.24, 2.45) is 0 Å². The maximum Gasteiger partial charge on any atom is 0.0409 e. The fourth-order valence-corrected chi connectivity index (χ4v) is 3.13. The zero-order valence-electron chi connectivity index (χ0n) is 13.4. The molecule has 118 valence electrons. The van der Waals surface area contributed by atoms with Gasteiger partial charge >= 0.3 is 0 Å². The fourth-order valence-electron chi connectivity index (χ4n) is 2.93. The van der Waals surface area contributed by atoms with E-state index in [0.29, 0.717) is 6.04 Å². The van der Waals surface area contributed by atoms with Gasteiger partial charge < -0.3 is 10.2 Å². The molecule has 1 aromatic rings. The van der Waals surface area contributed by atoms with E-state index < -0.39 is 0 Å². The van der Waals surface area contributed by atoms with E-state index in [4.69, 9.17) is 11.6 Å². The molecule has 2 rings (SSSR count). The van der Waals surface area contributed by atoms with E-state index >= 15 is 0 Å². The van der Waals surface area contributed by atoms with Gasteiger partial charge in [-0.1, -0.05) is 44.0 Å². The fraction of sp³-hybridized carbons (Fsp3) is 0.667. The van der Waals surface area contributed by atoms with Crippen molar-refractivity contribution in [2.75, 3.05) is 19.6 Å². The van der Waals surface area contributed by atoms with Crippen molar-refractivity contribution in [2.45, 2.75) is 58.0 Å². The van der Waals surface area contributed by atoms with Crippen LogP contribution in [0.3, 0.4) is 0 Å². The highest BCUT2D eigenvalue weighted by molar-refractivity contribution is 6.30. The molecule has 1 unspecified atom stereocenters. The second-order valence-electron chi connectivity index (χ2n) is 6.07. The Hall–Kier alpha value is -0.570. The molecule has 1 aromatic carbocycles. The Kier molecular flexibility index (Phi) is 7.01. The summed E-state index contributed by atoms with van der Waals surface area (Å²) in [5, 5.41) is 4.45. The first-order valence-electron chi connectivity index (χ1n) is 8.47. The Bertz CT molecular complexity index is 417. The molecule has 0 aromatic heterocycles. The Morgan fingerprint density at radius 1 is 1.29 bits per heavy atom. The number of hydrogen-bond acceptors (Lipinski definition) is 2. The Balaban J connectivity index is 1.92. The van der Waals surface area contributed by atoms with Gasteiger partial charge in [-0.15, -0.1) is 0 Å². The molecule has 0 amide bonds. The minimum atomic E-state index is 0.413. The van der Waals surface area contributed by atoms with Crippen LogP contribution in [0.2, 0.25) is 5.02 Å². The monoisotopic (exact) mass is 308 g/mol. The van der Waals surface area contributed by atoms with Crippen LogP contribution in [-0.4, -0.2) is 30.6 Å². The molecule has 1 fully saturated rings. The summed E-state index contributed by atoms with van der Waals surface area (Å²) in [6, 6.07) is 9.56. The highest BCUT2D eigenvalue weighted by atomic mass is 35.5. The number of nitrogens with one attached hydrogen (secondary N) is 1. The average Bonchev–Trinajstić information content (AvgIpc) is 3.31. The van der Waals surface area contributed by atoms with E-state index in [-0.39, 0.29) is 0 Å². The molecule has 1 N–H and O–H groups in total. The van der Waals surface area contributed by atoms with Gasteiger partial charge in [0.15, 0.2) is 0 Å². The lowest BCUT2D eigenvalue weighted by atomic mass is 10.0. The van der Waals surface area contributed by atoms with Crippen molar-refractivity contribution in [3.63, 3.8) is 0 Å². The lowest BCUT2D eigenvalue weighted by Gasteiger charge is -2.26. The minimum Gasteiger partial charge on any atom is -0.310 e. The van der Waals surface area contributed by atoms with Gasteiger partial charge in [0.25, 0.3) is 0 Å². The Morgan fingerprint density at radius 3 is 2.71 bits per heavy atom. The molecule has 0 aliphatic heterocycles. The van der Waals surface area contributed by atoms with Crippen LogP contribution in [0.25, 0.3) is 0 Å². The number of nitrogens with zero attached hydrogens (tertiary/aromatic N) is 1. The molecule has 0 heterocycles. The van der Waals surface area contributed by atoms with Crippen LogP contribution < -0.4 is 5.32 Å². The normalized spacial score (nSPS) is 16.4. The molecule has 2 nitrogen and oxygen atoms in total. The highest BCUT2D eigenvalue weighted by Crippen LogP contribution is 2.29. The molecule has 1 saturated carbocycles. The Morgan fingerprint density at radius 2 is 2.10 bits per heavy atom. The van der Waals surface area contributed by atoms with Crippen molar-refractivity contribution >= 4 is 11.6 Å². The van der Waals surface area contributed by atoms with E-state index in [1.165, 1.54) is 44.3 Å². The first kappa shape index (κ1) is 16.8. The summed E-state index contributed by atoms with van der Waals surface area (Å²) in [6.45, 7) is 7.89. The van der Waals surface area contributed by atoms with Crippen LogP contribution in [0.5, 0.6) is 0 Å². The van der Waals surface area contributed by atoms with E-state index in [0.717, 1.165) is 24.0 Å². The molecule has 0 spiro atoms. The number of benzene rings is 1. The predicted molar refractivity (Wildman–Crippen MR) is 92.0 cm³/mol. The maximum atomic E-state index is 6.14. The maximum absolute atomic E-state index is 6.14. The molecular weight excluding hydrogens is 280 g/mol. The molecule has 0 bridgehead atoms. The summed E-state index contributed by atoms with van der Waals surface area (Å²) >= 11 is 6.14. The van der Waals surface area contributed by atoms with Gasteiger partial charge in [-0.25, -0.2) is 0 Å². The zero-order valence-corrected chi connectivity index (χ0v) is 14.2. The molecule has 0 saturated heterocycles. The predicted octanol–water partition coefficient (Wildman–Crippen LogP) is 4.65. The first-order chi connectivity index (χ1) is 10.2. The van der Waals surface area contributed by atoms with Crippen molar-refractivity contribution in [3.05, 3.63) is 34.9 Å².